The lowest BCUT2D eigenvalue weighted by Crippen LogP contribution is -2.22. The van der Waals surface area contributed by atoms with Crippen LogP contribution in [0.2, 0.25) is 10.0 Å². The zero-order valence-electron chi connectivity index (χ0n) is 9.93. The van der Waals surface area contributed by atoms with Gasteiger partial charge in [0, 0.05) is 16.6 Å². The van der Waals surface area contributed by atoms with Gasteiger partial charge in [-0.2, -0.15) is 0 Å². The molecule has 0 saturated carbocycles. The fraction of sp³-hybridized carbons (Fsp3) is 0.538. The molecule has 0 radical (unpaired) electrons. The minimum absolute atomic E-state index is 0.275. The number of fused-ring (bicyclic) bond motifs is 1. The normalized spacial score (nSPS) is 19.4. The molecule has 94 valence electrons. The average molecular weight is 274 g/mol. The Morgan fingerprint density at radius 3 is 3.00 bits per heavy atom. The first-order chi connectivity index (χ1) is 8.22. The highest BCUT2D eigenvalue weighted by atomic mass is 35.5. The molecule has 1 aliphatic rings. The van der Waals surface area contributed by atoms with Crippen LogP contribution in [0.1, 0.15) is 37.8 Å². The molecule has 1 aliphatic heterocycles. The fourth-order valence-corrected chi connectivity index (χ4v) is 2.76. The molecule has 2 nitrogen and oxygen atoms in total. The highest BCUT2D eigenvalue weighted by molar-refractivity contribution is 6.35. The zero-order chi connectivity index (χ0) is 12.3. The van der Waals surface area contributed by atoms with Gasteiger partial charge in [-0.1, -0.05) is 30.1 Å². The van der Waals surface area contributed by atoms with Crippen LogP contribution < -0.4 is 10.1 Å². The van der Waals surface area contributed by atoms with Crippen molar-refractivity contribution in [2.24, 2.45) is 0 Å². The lowest BCUT2D eigenvalue weighted by Gasteiger charge is -2.19. The van der Waals surface area contributed by atoms with Crippen molar-refractivity contribution in [1.29, 1.82) is 0 Å². The van der Waals surface area contributed by atoms with Crippen LogP contribution in [0.15, 0.2) is 12.1 Å². The molecule has 0 saturated heterocycles. The molecule has 0 spiro atoms. The minimum Gasteiger partial charge on any atom is -0.493 e. The molecule has 4 heteroatoms. The van der Waals surface area contributed by atoms with E-state index in [9.17, 15) is 0 Å². The van der Waals surface area contributed by atoms with Gasteiger partial charge in [0.1, 0.15) is 5.75 Å². The molecular formula is C13H17Cl2NO. The lowest BCUT2D eigenvalue weighted by atomic mass is 10.0. The summed E-state index contributed by atoms with van der Waals surface area (Å²) in [7, 11) is 0. The highest BCUT2D eigenvalue weighted by Crippen LogP contribution is 2.39. The molecule has 0 aliphatic carbocycles. The van der Waals surface area contributed by atoms with Crippen molar-refractivity contribution in [3.8, 4) is 5.75 Å². The summed E-state index contributed by atoms with van der Waals surface area (Å²) < 4.78 is 5.71. The second-order valence-electron chi connectivity index (χ2n) is 4.30. The van der Waals surface area contributed by atoms with Crippen molar-refractivity contribution < 1.29 is 4.74 Å². The molecule has 17 heavy (non-hydrogen) atoms. The molecule has 1 atom stereocenters. The van der Waals surface area contributed by atoms with Crippen LogP contribution in [0.4, 0.5) is 0 Å². The molecule has 1 aromatic rings. The van der Waals surface area contributed by atoms with E-state index in [4.69, 9.17) is 27.9 Å². The number of rotatable bonds is 3. The summed E-state index contributed by atoms with van der Waals surface area (Å²) >= 11 is 12.3. The van der Waals surface area contributed by atoms with E-state index in [1.807, 2.05) is 6.07 Å². The Hall–Kier alpha value is -0.440. The van der Waals surface area contributed by atoms with Gasteiger partial charge >= 0.3 is 0 Å². The Morgan fingerprint density at radius 2 is 2.24 bits per heavy atom. The van der Waals surface area contributed by atoms with Gasteiger partial charge in [-0.25, -0.2) is 0 Å². The van der Waals surface area contributed by atoms with Crippen LogP contribution in [0.3, 0.4) is 0 Å². The highest BCUT2D eigenvalue weighted by Gasteiger charge is 2.22. The quantitative estimate of drug-likeness (QED) is 0.891. The van der Waals surface area contributed by atoms with Crippen molar-refractivity contribution >= 4 is 23.2 Å². The van der Waals surface area contributed by atoms with Crippen LogP contribution in [-0.4, -0.2) is 13.2 Å². The van der Waals surface area contributed by atoms with Crippen molar-refractivity contribution in [3.05, 3.63) is 27.7 Å². The second kappa shape index (κ2) is 5.94. The molecule has 0 bridgehead atoms. The topological polar surface area (TPSA) is 21.3 Å². The molecule has 0 aromatic heterocycles. The van der Waals surface area contributed by atoms with Crippen LogP contribution in [0.5, 0.6) is 5.75 Å². The Morgan fingerprint density at radius 1 is 1.41 bits per heavy atom. The monoisotopic (exact) mass is 273 g/mol. The lowest BCUT2D eigenvalue weighted by molar-refractivity contribution is 0.315. The molecule has 1 aromatic carbocycles. The largest absolute Gasteiger partial charge is 0.493 e. The van der Waals surface area contributed by atoms with E-state index in [-0.39, 0.29) is 6.04 Å². The van der Waals surface area contributed by atoms with E-state index in [1.54, 1.807) is 6.07 Å². The molecular weight excluding hydrogens is 257 g/mol. The first-order valence-corrected chi connectivity index (χ1v) is 6.83. The van der Waals surface area contributed by atoms with Gasteiger partial charge < -0.3 is 10.1 Å². The number of nitrogens with one attached hydrogen (secondary N) is 1. The second-order valence-corrected chi connectivity index (χ2v) is 5.14. The SMILES string of the molecule is CCCNC1CCCOc2cc(Cl)cc(Cl)c21. The predicted molar refractivity (Wildman–Crippen MR) is 72.2 cm³/mol. The van der Waals surface area contributed by atoms with Crippen LogP contribution >= 0.6 is 23.2 Å². The first kappa shape index (κ1) is 13.0. The molecule has 0 amide bonds. The van der Waals surface area contributed by atoms with E-state index in [0.29, 0.717) is 10.0 Å². The van der Waals surface area contributed by atoms with Crippen molar-refractivity contribution in [2.45, 2.75) is 32.2 Å². The van der Waals surface area contributed by atoms with Gasteiger partial charge in [0.2, 0.25) is 0 Å². The predicted octanol–water partition coefficient (Wildman–Crippen LogP) is 4.21. The summed E-state index contributed by atoms with van der Waals surface area (Å²) in [6, 6.07) is 3.92. The number of benzene rings is 1. The minimum atomic E-state index is 0.275. The number of hydrogen-bond donors (Lipinski definition) is 1. The standard InChI is InChI=1S/C13H17Cl2NO/c1-2-5-16-11-4-3-6-17-12-8-9(14)7-10(15)13(11)12/h7-8,11,16H,2-6H2,1H3. The van der Waals surface area contributed by atoms with Gasteiger partial charge in [0.15, 0.2) is 0 Å². The molecule has 0 fully saturated rings. The third-order valence-electron chi connectivity index (χ3n) is 2.94. The zero-order valence-corrected chi connectivity index (χ0v) is 11.4. The Kier molecular flexibility index (Phi) is 4.55. The van der Waals surface area contributed by atoms with Gasteiger partial charge in [-0.15, -0.1) is 0 Å². The third-order valence-corrected chi connectivity index (χ3v) is 3.47. The fourth-order valence-electron chi connectivity index (χ4n) is 2.16. The first-order valence-electron chi connectivity index (χ1n) is 6.07. The van der Waals surface area contributed by atoms with Gasteiger partial charge in [-0.3, -0.25) is 0 Å². The maximum absolute atomic E-state index is 6.29. The average Bonchev–Trinajstić information content (AvgIpc) is 2.48. The number of hydrogen-bond acceptors (Lipinski definition) is 2. The smallest absolute Gasteiger partial charge is 0.127 e. The summed E-state index contributed by atoms with van der Waals surface area (Å²) in [6.45, 7) is 3.88. The van der Waals surface area contributed by atoms with Crippen molar-refractivity contribution in [2.75, 3.05) is 13.2 Å². The summed E-state index contributed by atoms with van der Waals surface area (Å²) in [6.07, 6.45) is 3.19. The number of halogens is 2. The van der Waals surface area contributed by atoms with Crippen LogP contribution in [-0.2, 0) is 0 Å². The maximum Gasteiger partial charge on any atom is 0.127 e. The van der Waals surface area contributed by atoms with Crippen LogP contribution in [0.25, 0.3) is 0 Å². The number of ether oxygens (including phenoxy) is 1. The van der Waals surface area contributed by atoms with E-state index >= 15 is 0 Å². The van der Waals surface area contributed by atoms with Crippen molar-refractivity contribution in [3.63, 3.8) is 0 Å². The van der Waals surface area contributed by atoms with E-state index in [1.165, 1.54) is 0 Å². The van der Waals surface area contributed by atoms with E-state index in [2.05, 4.69) is 12.2 Å². The van der Waals surface area contributed by atoms with Crippen molar-refractivity contribution in [1.82, 2.24) is 5.32 Å². The summed E-state index contributed by atoms with van der Waals surface area (Å²) in [5.74, 6) is 0.827. The van der Waals surface area contributed by atoms with Gasteiger partial charge in [0.05, 0.1) is 11.6 Å². The summed E-state index contributed by atoms with van der Waals surface area (Å²) in [5, 5.41) is 4.85. The summed E-state index contributed by atoms with van der Waals surface area (Å²) in [4.78, 5) is 0. The van der Waals surface area contributed by atoms with E-state index in [0.717, 1.165) is 43.7 Å². The Balaban J connectivity index is 2.33. The third kappa shape index (κ3) is 3.06. The van der Waals surface area contributed by atoms with Gasteiger partial charge in [-0.05, 0) is 37.9 Å². The molecule has 2 rings (SSSR count). The van der Waals surface area contributed by atoms with Gasteiger partial charge in [0.25, 0.3) is 0 Å². The Labute approximate surface area is 112 Å². The maximum atomic E-state index is 6.29. The summed E-state index contributed by atoms with van der Waals surface area (Å²) in [5.41, 5.74) is 1.06. The Bertz CT molecular complexity index is 395. The molecule has 1 N–H and O–H groups in total. The van der Waals surface area contributed by atoms with E-state index < -0.39 is 0 Å². The molecule has 1 heterocycles. The van der Waals surface area contributed by atoms with Crippen LogP contribution in [0, 0.1) is 0 Å². The molecule has 1 unspecified atom stereocenters.